The fourth-order valence-electron chi connectivity index (χ4n) is 2.81. The van der Waals surface area contributed by atoms with Crippen LogP contribution in [0.1, 0.15) is 25.0 Å². The first-order chi connectivity index (χ1) is 16.2. The minimum absolute atomic E-state index is 0.752. The van der Waals surface area contributed by atoms with Crippen LogP contribution in [0, 0.1) is 0 Å². The Hall–Kier alpha value is -4.04. The monoisotopic (exact) mass is 436 g/mol. The Bertz CT molecular complexity index is 969. The summed E-state index contributed by atoms with van der Waals surface area (Å²) in [6.45, 7) is 11.4. The van der Waals surface area contributed by atoms with E-state index in [0.717, 1.165) is 29.4 Å². The zero-order valence-corrected chi connectivity index (χ0v) is 19.5. The third-order valence-corrected chi connectivity index (χ3v) is 4.43. The number of benzene rings is 2. The zero-order valence-electron chi connectivity index (χ0n) is 19.5. The van der Waals surface area contributed by atoms with Gasteiger partial charge in [-0.05, 0) is 80.0 Å². The van der Waals surface area contributed by atoms with Crippen LogP contribution in [-0.4, -0.2) is 0 Å². The molecule has 2 aromatic carbocycles. The standard InChI is InChI=1S/C31H32O2/c1-5-9-13-28(14-10-6-2)32-30-21-17-26(18-22-30)25-27-19-23-31(24-20-27)33-29(15-11-7-3)16-12-8-4/h5-24H,1,3,25H2,2,4H3/b10-6-,12-8-,13-9-,15-11-,28-14+,29-16+. The van der Waals surface area contributed by atoms with Crippen molar-refractivity contribution in [3.8, 4) is 11.5 Å². The molecule has 0 amide bonds. The van der Waals surface area contributed by atoms with Crippen LogP contribution in [0.5, 0.6) is 11.5 Å². The van der Waals surface area contributed by atoms with Gasteiger partial charge in [-0.1, -0.05) is 86.0 Å². The zero-order chi connectivity index (χ0) is 23.7. The fourth-order valence-corrected chi connectivity index (χ4v) is 2.81. The summed E-state index contributed by atoms with van der Waals surface area (Å²) < 4.78 is 11.9. The maximum Gasteiger partial charge on any atom is 0.127 e. The van der Waals surface area contributed by atoms with Crippen LogP contribution in [0.4, 0.5) is 0 Å². The molecule has 0 unspecified atom stereocenters. The molecule has 0 aliphatic carbocycles. The Morgan fingerprint density at radius 3 is 1.36 bits per heavy atom. The van der Waals surface area contributed by atoms with Gasteiger partial charge in [0.1, 0.15) is 23.0 Å². The minimum Gasteiger partial charge on any atom is -0.457 e. The second-order valence-electron chi connectivity index (χ2n) is 7.05. The number of ether oxygens (including phenoxy) is 2. The van der Waals surface area contributed by atoms with Gasteiger partial charge < -0.3 is 9.47 Å². The molecule has 0 bridgehead atoms. The highest BCUT2D eigenvalue weighted by atomic mass is 16.5. The third-order valence-electron chi connectivity index (χ3n) is 4.43. The van der Waals surface area contributed by atoms with Crippen molar-refractivity contribution in [1.82, 2.24) is 0 Å². The van der Waals surface area contributed by atoms with Gasteiger partial charge in [0.2, 0.25) is 0 Å². The minimum atomic E-state index is 0.752. The van der Waals surface area contributed by atoms with Crippen LogP contribution in [0.3, 0.4) is 0 Å². The first-order valence-electron chi connectivity index (χ1n) is 11.0. The lowest BCUT2D eigenvalue weighted by molar-refractivity contribution is 0.444. The topological polar surface area (TPSA) is 18.5 Å². The number of hydrogen-bond donors (Lipinski definition) is 0. The van der Waals surface area contributed by atoms with Crippen molar-refractivity contribution in [2.75, 3.05) is 0 Å². The maximum absolute atomic E-state index is 5.97. The van der Waals surface area contributed by atoms with Crippen molar-refractivity contribution in [3.63, 3.8) is 0 Å². The molecule has 0 aliphatic rings. The summed E-state index contributed by atoms with van der Waals surface area (Å²) in [6, 6.07) is 16.3. The Labute approximate surface area is 198 Å². The van der Waals surface area contributed by atoms with E-state index in [9.17, 15) is 0 Å². The summed E-state index contributed by atoms with van der Waals surface area (Å²) >= 11 is 0. The van der Waals surface area contributed by atoms with Gasteiger partial charge in [0, 0.05) is 0 Å². The summed E-state index contributed by atoms with van der Waals surface area (Å²) in [7, 11) is 0. The highest BCUT2D eigenvalue weighted by molar-refractivity contribution is 5.37. The Morgan fingerprint density at radius 1 is 0.636 bits per heavy atom. The van der Waals surface area contributed by atoms with Crippen LogP contribution < -0.4 is 9.47 Å². The molecule has 0 saturated carbocycles. The molecule has 0 spiro atoms. The largest absolute Gasteiger partial charge is 0.457 e. The summed E-state index contributed by atoms with van der Waals surface area (Å²) in [5.74, 6) is 3.09. The maximum atomic E-state index is 5.97. The SMILES string of the molecule is C=C\C=C/C(=C\C=C/C)Oc1ccc(Cc2ccc(OC(/C=C\C=C)=C/C=C\C)cc2)cc1. The number of allylic oxidation sites excluding steroid dienone is 12. The Kier molecular flexibility index (Phi) is 11.4. The summed E-state index contributed by atoms with van der Waals surface area (Å²) in [5, 5.41) is 0. The average Bonchev–Trinajstić information content (AvgIpc) is 2.84. The molecule has 0 aliphatic heterocycles. The van der Waals surface area contributed by atoms with E-state index in [1.807, 2.05) is 98.9 Å². The second-order valence-corrected chi connectivity index (χ2v) is 7.05. The molecule has 0 radical (unpaired) electrons. The van der Waals surface area contributed by atoms with E-state index >= 15 is 0 Å². The van der Waals surface area contributed by atoms with Gasteiger partial charge in [-0.3, -0.25) is 0 Å². The van der Waals surface area contributed by atoms with E-state index in [4.69, 9.17) is 9.47 Å². The van der Waals surface area contributed by atoms with Gasteiger partial charge in [0.15, 0.2) is 0 Å². The summed E-state index contributed by atoms with van der Waals surface area (Å²) in [6.07, 6.45) is 23.4. The Morgan fingerprint density at radius 2 is 1.03 bits per heavy atom. The van der Waals surface area contributed by atoms with Crippen molar-refractivity contribution in [2.24, 2.45) is 0 Å². The summed E-state index contributed by atoms with van der Waals surface area (Å²) in [4.78, 5) is 0. The molecule has 0 heterocycles. The second kappa shape index (κ2) is 14.9. The van der Waals surface area contributed by atoms with Crippen LogP contribution in [0.2, 0.25) is 0 Å². The third kappa shape index (κ3) is 9.75. The van der Waals surface area contributed by atoms with E-state index in [2.05, 4.69) is 37.4 Å². The highest BCUT2D eigenvalue weighted by Gasteiger charge is 2.02. The fraction of sp³-hybridized carbons (Fsp3) is 0.0968. The first-order valence-corrected chi connectivity index (χ1v) is 11.0. The predicted molar refractivity (Wildman–Crippen MR) is 141 cm³/mol. The van der Waals surface area contributed by atoms with E-state index in [1.165, 1.54) is 11.1 Å². The predicted octanol–water partition coefficient (Wildman–Crippen LogP) is 8.44. The molecule has 2 heteroatoms. The van der Waals surface area contributed by atoms with Crippen LogP contribution >= 0.6 is 0 Å². The lowest BCUT2D eigenvalue weighted by Gasteiger charge is -2.09. The van der Waals surface area contributed by atoms with Crippen molar-refractivity contribution in [1.29, 1.82) is 0 Å². The molecule has 2 rings (SSSR count). The van der Waals surface area contributed by atoms with Gasteiger partial charge in [0.05, 0.1) is 0 Å². The molecule has 2 aromatic rings. The molecule has 2 nitrogen and oxygen atoms in total. The van der Waals surface area contributed by atoms with Gasteiger partial charge in [-0.15, -0.1) is 0 Å². The quantitative estimate of drug-likeness (QED) is 0.245. The van der Waals surface area contributed by atoms with Crippen molar-refractivity contribution < 1.29 is 9.47 Å². The lowest BCUT2D eigenvalue weighted by Crippen LogP contribution is -1.94. The molecule has 0 fully saturated rings. The van der Waals surface area contributed by atoms with Gasteiger partial charge in [-0.25, -0.2) is 0 Å². The smallest absolute Gasteiger partial charge is 0.127 e. The van der Waals surface area contributed by atoms with Crippen LogP contribution in [0.15, 0.2) is 146 Å². The molecule has 0 saturated heterocycles. The van der Waals surface area contributed by atoms with Gasteiger partial charge in [0.25, 0.3) is 0 Å². The van der Waals surface area contributed by atoms with Gasteiger partial charge >= 0.3 is 0 Å². The number of rotatable bonds is 12. The molecule has 0 aromatic heterocycles. The van der Waals surface area contributed by atoms with Crippen molar-refractivity contribution in [3.05, 3.63) is 157 Å². The molecule has 168 valence electrons. The van der Waals surface area contributed by atoms with E-state index in [1.54, 1.807) is 12.2 Å². The van der Waals surface area contributed by atoms with E-state index in [-0.39, 0.29) is 0 Å². The molecular formula is C31H32O2. The number of hydrogen-bond acceptors (Lipinski definition) is 2. The average molecular weight is 437 g/mol. The Balaban J connectivity index is 2.03. The van der Waals surface area contributed by atoms with Gasteiger partial charge in [-0.2, -0.15) is 0 Å². The highest BCUT2D eigenvalue weighted by Crippen LogP contribution is 2.21. The van der Waals surface area contributed by atoms with Crippen molar-refractivity contribution >= 4 is 0 Å². The van der Waals surface area contributed by atoms with Crippen LogP contribution in [0.25, 0.3) is 0 Å². The molecule has 33 heavy (non-hydrogen) atoms. The normalized spacial score (nSPS) is 12.8. The van der Waals surface area contributed by atoms with Crippen LogP contribution in [-0.2, 0) is 6.42 Å². The van der Waals surface area contributed by atoms with E-state index in [0.29, 0.717) is 0 Å². The molecule has 0 atom stereocenters. The molecule has 0 N–H and O–H groups in total. The van der Waals surface area contributed by atoms with E-state index < -0.39 is 0 Å². The lowest BCUT2D eigenvalue weighted by atomic mass is 10.0. The first kappa shape index (κ1) is 25.2. The van der Waals surface area contributed by atoms with Crippen molar-refractivity contribution in [2.45, 2.75) is 20.3 Å². The summed E-state index contributed by atoms with van der Waals surface area (Å²) in [5.41, 5.74) is 2.42. The molecular weight excluding hydrogens is 404 g/mol.